The summed E-state index contributed by atoms with van der Waals surface area (Å²) in [5, 5.41) is 21.5. The Morgan fingerprint density at radius 3 is 2.17 bits per heavy atom. The summed E-state index contributed by atoms with van der Waals surface area (Å²) in [5.41, 5.74) is 0. The quantitative estimate of drug-likeness (QED) is 0.411. The molecule has 0 unspecified atom stereocenters. The minimum Gasteiger partial charge on any atom is -0.481 e. The van der Waals surface area contributed by atoms with E-state index in [4.69, 9.17) is 10.2 Å². The Hall–Kier alpha value is -2.12. The molecule has 0 aliphatic rings. The minimum absolute atomic E-state index is 0.0932. The molecule has 0 heterocycles. The SMILES string of the molecule is CC(=O)N[C@@H](CC(=O)O)C(=O)NCCCC(=O)O. The highest BCUT2D eigenvalue weighted by molar-refractivity contribution is 5.90. The molecular weight excluding hydrogens is 244 g/mol. The average molecular weight is 260 g/mol. The smallest absolute Gasteiger partial charge is 0.305 e. The Morgan fingerprint density at radius 1 is 1.11 bits per heavy atom. The van der Waals surface area contributed by atoms with E-state index in [0.29, 0.717) is 0 Å². The van der Waals surface area contributed by atoms with Gasteiger partial charge in [-0.2, -0.15) is 0 Å². The van der Waals surface area contributed by atoms with Crippen LogP contribution >= 0.6 is 0 Å². The zero-order chi connectivity index (χ0) is 14.1. The maximum absolute atomic E-state index is 11.5. The van der Waals surface area contributed by atoms with Gasteiger partial charge in [0.15, 0.2) is 0 Å². The van der Waals surface area contributed by atoms with Crippen molar-refractivity contribution in [3.8, 4) is 0 Å². The van der Waals surface area contributed by atoms with Gasteiger partial charge in [-0.05, 0) is 6.42 Å². The molecule has 0 spiro atoms. The van der Waals surface area contributed by atoms with E-state index >= 15 is 0 Å². The second kappa shape index (κ2) is 8.04. The maximum Gasteiger partial charge on any atom is 0.305 e. The molecule has 1 atom stereocenters. The van der Waals surface area contributed by atoms with E-state index in [2.05, 4.69) is 10.6 Å². The molecule has 2 amide bonds. The average Bonchev–Trinajstić information content (AvgIpc) is 2.21. The van der Waals surface area contributed by atoms with Crippen molar-refractivity contribution in [1.29, 1.82) is 0 Å². The highest BCUT2D eigenvalue weighted by Crippen LogP contribution is 1.94. The molecule has 0 aliphatic heterocycles. The summed E-state index contributed by atoms with van der Waals surface area (Å²) in [4.78, 5) is 43.0. The molecule has 8 heteroatoms. The number of amides is 2. The summed E-state index contributed by atoms with van der Waals surface area (Å²) >= 11 is 0. The molecule has 102 valence electrons. The standard InChI is InChI=1S/C10H16N2O6/c1-6(13)12-7(5-9(16)17)10(18)11-4-2-3-8(14)15/h7H,2-5H2,1H3,(H,11,18)(H,12,13)(H,14,15)(H,16,17)/t7-/m0/s1. The number of carboxylic acid groups (broad SMARTS) is 2. The molecule has 0 aromatic carbocycles. The summed E-state index contributed by atoms with van der Waals surface area (Å²) in [5.74, 6) is -3.34. The molecule has 0 aromatic rings. The van der Waals surface area contributed by atoms with Crippen LogP contribution in [0.3, 0.4) is 0 Å². The highest BCUT2D eigenvalue weighted by atomic mass is 16.4. The number of carbonyl (C=O) groups excluding carboxylic acids is 2. The van der Waals surface area contributed by atoms with E-state index in [-0.39, 0.29) is 19.4 Å². The molecule has 0 aliphatic carbocycles. The van der Waals surface area contributed by atoms with Gasteiger partial charge in [0, 0.05) is 19.9 Å². The first-order chi connectivity index (χ1) is 8.32. The second-order valence-electron chi connectivity index (χ2n) is 3.64. The van der Waals surface area contributed by atoms with Crippen LogP contribution in [0, 0.1) is 0 Å². The fourth-order valence-corrected chi connectivity index (χ4v) is 1.20. The van der Waals surface area contributed by atoms with Gasteiger partial charge >= 0.3 is 11.9 Å². The molecule has 0 saturated heterocycles. The van der Waals surface area contributed by atoms with Crippen molar-refractivity contribution in [2.45, 2.75) is 32.2 Å². The van der Waals surface area contributed by atoms with Crippen LogP contribution in [0.15, 0.2) is 0 Å². The van der Waals surface area contributed by atoms with Gasteiger partial charge in [-0.25, -0.2) is 0 Å². The van der Waals surface area contributed by atoms with Crippen molar-refractivity contribution < 1.29 is 29.4 Å². The molecule has 0 rings (SSSR count). The zero-order valence-corrected chi connectivity index (χ0v) is 9.93. The molecule has 0 fully saturated rings. The van der Waals surface area contributed by atoms with Crippen molar-refractivity contribution >= 4 is 23.8 Å². The Labute approximate surface area is 103 Å². The van der Waals surface area contributed by atoms with Gasteiger partial charge in [-0.1, -0.05) is 0 Å². The molecule has 0 bridgehead atoms. The third-order valence-electron chi connectivity index (χ3n) is 1.94. The maximum atomic E-state index is 11.5. The van der Waals surface area contributed by atoms with Gasteiger partial charge in [0.25, 0.3) is 0 Å². The first kappa shape index (κ1) is 15.9. The normalized spacial score (nSPS) is 11.4. The Kier molecular flexibility index (Phi) is 7.10. The minimum atomic E-state index is -1.21. The zero-order valence-electron chi connectivity index (χ0n) is 9.93. The predicted molar refractivity (Wildman–Crippen MR) is 59.7 cm³/mol. The van der Waals surface area contributed by atoms with Crippen LogP contribution in [-0.4, -0.2) is 46.6 Å². The number of carbonyl (C=O) groups is 4. The van der Waals surface area contributed by atoms with Gasteiger partial charge in [0.05, 0.1) is 6.42 Å². The fourth-order valence-electron chi connectivity index (χ4n) is 1.20. The van der Waals surface area contributed by atoms with Crippen LogP contribution in [0.1, 0.15) is 26.2 Å². The van der Waals surface area contributed by atoms with Crippen LogP contribution in [-0.2, 0) is 19.2 Å². The van der Waals surface area contributed by atoms with E-state index in [1.54, 1.807) is 0 Å². The van der Waals surface area contributed by atoms with E-state index in [9.17, 15) is 19.2 Å². The number of hydrogen-bond acceptors (Lipinski definition) is 4. The fraction of sp³-hybridized carbons (Fsp3) is 0.600. The molecular formula is C10H16N2O6. The Bertz CT molecular complexity index is 325. The van der Waals surface area contributed by atoms with Crippen molar-refractivity contribution in [2.24, 2.45) is 0 Å². The number of carboxylic acids is 2. The molecule has 0 radical (unpaired) electrons. The number of nitrogens with one attached hydrogen (secondary N) is 2. The van der Waals surface area contributed by atoms with Crippen molar-refractivity contribution in [2.75, 3.05) is 6.54 Å². The molecule has 0 aromatic heterocycles. The van der Waals surface area contributed by atoms with Crippen LogP contribution in [0.2, 0.25) is 0 Å². The molecule has 18 heavy (non-hydrogen) atoms. The third-order valence-corrected chi connectivity index (χ3v) is 1.94. The number of hydrogen-bond donors (Lipinski definition) is 4. The predicted octanol–water partition coefficient (Wildman–Crippen LogP) is -1.05. The van der Waals surface area contributed by atoms with Crippen LogP contribution in [0.4, 0.5) is 0 Å². The Morgan fingerprint density at radius 2 is 1.72 bits per heavy atom. The van der Waals surface area contributed by atoms with E-state index in [1.165, 1.54) is 6.92 Å². The van der Waals surface area contributed by atoms with Gasteiger partial charge in [0.1, 0.15) is 6.04 Å². The van der Waals surface area contributed by atoms with E-state index < -0.39 is 36.2 Å². The van der Waals surface area contributed by atoms with Crippen LogP contribution in [0.25, 0.3) is 0 Å². The summed E-state index contributed by atoms with van der Waals surface area (Å²) in [6.07, 6.45) is -0.380. The lowest BCUT2D eigenvalue weighted by Crippen LogP contribution is -2.47. The molecule has 8 nitrogen and oxygen atoms in total. The lowest BCUT2D eigenvalue weighted by atomic mass is 10.2. The van der Waals surface area contributed by atoms with Crippen LogP contribution < -0.4 is 10.6 Å². The third kappa shape index (κ3) is 8.08. The summed E-state index contributed by atoms with van der Waals surface area (Å²) in [7, 11) is 0. The van der Waals surface area contributed by atoms with Crippen molar-refractivity contribution in [3.05, 3.63) is 0 Å². The summed E-state index contributed by atoms with van der Waals surface area (Å²) in [6, 6.07) is -1.15. The highest BCUT2D eigenvalue weighted by Gasteiger charge is 2.21. The van der Waals surface area contributed by atoms with Crippen molar-refractivity contribution in [1.82, 2.24) is 10.6 Å². The van der Waals surface area contributed by atoms with E-state index in [0.717, 1.165) is 0 Å². The molecule has 4 N–H and O–H groups in total. The number of rotatable bonds is 8. The topological polar surface area (TPSA) is 133 Å². The molecule has 0 saturated carbocycles. The lowest BCUT2D eigenvalue weighted by Gasteiger charge is -2.15. The van der Waals surface area contributed by atoms with Crippen LogP contribution in [0.5, 0.6) is 0 Å². The van der Waals surface area contributed by atoms with Gasteiger partial charge in [0.2, 0.25) is 11.8 Å². The van der Waals surface area contributed by atoms with E-state index in [1.807, 2.05) is 0 Å². The first-order valence-corrected chi connectivity index (χ1v) is 5.31. The summed E-state index contributed by atoms with van der Waals surface area (Å²) < 4.78 is 0. The first-order valence-electron chi connectivity index (χ1n) is 5.31. The lowest BCUT2D eigenvalue weighted by molar-refractivity contribution is -0.140. The second-order valence-corrected chi connectivity index (χ2v) is 3.64. The largest absolute Gasteiger partial charge is 0.481 e. The Balaban J connectivity index is 4.16. The monoisotopic (exact) mass is 260 g/mol. The summed E-state index contributed by atoms with van der Waals surface area (Å²) in [6.45, 7) is 1.29. The van der Waals surface area contributed by atoms with Gasteiger partial charge < -0.3 is 20.8 Å². The van der Waals surface area contributed by atoms with Gasteiger partial charge in [-0.3, -0.25) is 19.2 Å². The number of aliphatic carboxylic acids is 2. The van der Waals surface area contributed by atoms with Gasteiger partial charge in [-0.15, -0.1) is 0 Å². The van der Waals surface area contributed by atoms with Crippen molar-refractivity contribution in [3.63, 3.8) is 0 Å².